The zero-order valence-corrected chi connectivity index (χ0v) is 10.8. The minimum Gasteiger partial charge on any atom is -0.328 e. The Kier molecular flexibility index (Phi) is 3.98. The van der Waals surface area contributed by atoms with Crippen LogP contribution in [0.15, 0.2) is 22.7 Å². The van der Waals surface area contributed by atoms with Gasteiger partial charge in [0.05, 0.1) is 0 Å². The summed E-state index contributed by atoms with van der Waals surface area (Å²) in [6, 6.07) is 5.70. The van der Waals surface area contributed by atoms with Crippen LogP contribution in [-0.2, 0) is 6.42 Å². The van der Waals surface area contributed by atoms with Crippen LogP contribution in [0.25, 0.3) is 0 Å². The average molecular weight is 286 g/mol. The number of rotatable bonds is 2. The van der Waals surface area contributed by atoms with Crippen LogP contribution in [0.3, 0.4) is 0 Å². The lowest BCUT2D eigenvalue weighted by Crippen LogP contribution is -2.27. The van der Waals surface area contributed by atoms with Crippen LogP contribution in [0.1, 0.15) is 31.2 Å². The van der Waals surface area contributed by atoms with E-state index in [4.69, 9.17) is 5.73 Å². The zero-order valence-electron chi connectivity index (χ0n) is 9.26. The summed E-state index contributed by atoms with van der Waals surface area (Å²) in [5, 5.41) is 0. The van der Waals surface area contributed by atoms with Gasteiger partial charge in [-0.2, -0.15) is 0 Å². The maximum absolute atomic E-state index is 13.6. The van der Waals surface area contributed by atoms with Crippen molar-refractivity contribution in [3.8, 4) is 0 Å². The average Bonchev–Trinajstić information content (AvgIpc) is 2.25. The van der Waals surface area contributed by atoms with Crippen LogP contribution in [-0.4, -0.2) is 6.04 Å². The molecular weight excluding hydrogens is 269 g/mol. The fourth-order valence-corrected chi connectivity index (χ4v) is 2.72. The molecule has 1 aromatic carbocycles. The maximum Gasteiger partial charge on any atom is 0.127 e. The topological polar surface area (TPSA) is 26.0 Å². The molecule has 0 aliphatic heterocycles. The van der Waals surface area contributed by atoms with Gasteiger partial charge in [0.2, 0.25) is 0 Å². The van der Waals surface area contributed by atoms with Gasteiger partial charge in [0, 0.05) is 10.5 Å². The number of benzene rings is 1. The molecule has 1 aromatic rings. The number of halogens is 2. The maximum atomic E-state index is 13.6. The van der Waals surface area contributed by atoms with Gasteiger partial charge in [0.25, 0.3) is 0 Å². The van der Waals surface area contributed by atoms with E-state index in [1.54, 1.807) is 6.07 Å². The Morgan fingerprint density at radius 3 is 2.56 bits per heavy atom. The molecular formula is C13H17BrFN. The van der Waals surface area contributed by atoms with Gasteiger partial charge in [0.15, 0.2) is 0 Å². The van der Waals surface area contributed by atoms with E-state index in [9.17, 15) is 4.39 Å². The van der Waals surface area contributed by atoms with Crippen LogP contribution in [0, 0.1) is 11.7 Å². The molecule has 16 heavy (non-hydrogen) atoms. The van der Waals surface area contributed by atoms with Gasteiger partial charge in [-0.3, -0.25) is 0 Å². The van der Waals surface area contributed by atoms with Crippen LogP contribution in [0.4, 0.5) is 4.39 Å². The van der Waals surface area contributed by atoms with E-state index < -0.39 is 0 Å². The van der Waals surface area contributed by atoms with Gasteiger partial charge >= 0.3 is 0 Å². The highest BCUT2D eigenvalue weighted by Crippen LogP contribution is 2.27. The lowest BCUT2D eigenvalue weighted by molar-refractivity contribution is 0.322. The number of nitrogens with two attached hydrogens (primary N) is 1. The smallest absolute Gasteiger partial charge is 0.127 e. The molecule has 2 N–H and O–H groups in total. The van der Waals surface area contributed by atoms with E-state index in [0.29, 0.717) is 12.0 Å². The quantitative estimate of drug-likeness (QED) is 0.882. The summed E-state index contributed by atoms with van der Waals surface area (Å²) in [4.78, 5) is 0. The van der Waals surface area contributed by atoms with Crippen molar-refractivity contribution < 1.29 is 4.39 Å². The van der Waals surface area contributed by atoms with Crippen LogP contribution in [0.5, 0.6) is 0 Å². The lowest BCUT2D eigenvalue weighted by Gasteiger charge is -2.26. The lowest BCUT2D eigenvalue weighted by atomic mass is 9.83. The fraction of sp³-hybridized carbons (Fsp3) is 0.538. The van der Waals surface area contributed by atoms with Crippen molar-refractivity contribution >= 4 is 15.9 Å². The molecule has 0 bridgehead atoms. The highest BCUT2D eigenvalue weighted by atomic mass is 79.9. The summed E-state index contributed by atoms with van der Waals surface area (Å²) in [5.41, 5.74) is 6.70. The van der Waals surface area contributed by atoms with E-state index in [0.717, 1.165) is 42.1 Å². The summed E-state index contributed by atoms with van der Waals surface area (Å²) in [7, 11) is 0. The molecule has 0 heterocycles. The first-order valence-electron chi connectivity index (χ1n) is 5.84. The van der Waals surface area contributed by atoms with Gasteiger partial charge in [-0.25, -0.2) is 4.39 Å². The Balaban J connectivity index is 1.98. The van der Waals surface area contributed by atoms with E-state index in [1.807, 2.05) is 12.1 Å². The summed E-state index contributed by atoms with van der Waals surface area (Å²) < 4.78 is 14.4. The summed E-state index contributed by atoms with van der Waals surface area (Å²) in [5.74, 6) is 0.514. The molecule has 0 unspecified atom stereocenters. The number of hydrogen-bond acceptors (Lipinski definition) is 1. The second kappa shape index (κ2) is 5.28. The predicted octanol–water partition coefficient (Wildman–Crippen LogP) is 3.65. The molecule has 0 saturated heterocycles. The molecule has 0 radical (unpaired) electrons. The Morgan fingerprint density at radius 1 is 1.25 bits per heavy atom. The monoisotopic (exact) mass is 285 g/mol. The van der Waals surface area contributed by atoms with Gasteiger partial charge in [-0.05, 0) is 55.7 Å². The third kappa shape index (κ3) is 3.05. The largest absolute Gasteiger partial charge is 0.328 e. The Labute approximate surface area is 104 Å². The first-order valence-corrected chi connectivity index (χ1v) is 6.64. The van der Waals surface area contributed by atoms with Crippen LogP contribution < -0.4 is 5.73 Å². The third-order valence-electron chi connectivity index (χ3n) is 3.42. The van der Waals surface area contributed by atoms with Crippen molar-refractivity contribution in [3.63, 3.8) is 0 Å². The van der Waals surface area contributed by atoms with E-state index >= 15 is 0 Å². The molecule has 1 aliphatic rings. The van der Waals surface area contributed by atoms with Crippen molar-refractivity contribution in [1.82, 2.24) is 0 Å². The standard InChI is InChI=1S/C13H17BrFN/c14-11-4-3-10(13(15)8-11)7-9-1-5-12(16)6-2-9/h3-4,8-9,12H,1-2,5-7,16H2. The fourth-order valence-electron chi connectivity index (χ4n) is 2.39. The zero-order chi connectivity index (χ0) is 11.5. The van der Waals surface area contributed by atoms with E-state index in [-0.39, 0.29) is 5.82 Å². The summed E-state index contributed by atoms with van der Waals surface area (Å²) in [6.07, 6.45) is 5.30. The molecule has 3 heteroatoms. The number of hydrogen-bond donors (Lipinski definition) is 1. The van der Waals surface area contributed by atoms with Crippen LogP contribution in [0.2, 0.25) is 0 Å². The van der Waals surface area contributed by atoms with Gasteiger partial charge in [-0.15, -0.1) is 0 Å². The van der Waals surface area contributed by atoms with Crippen molar-refractivity contribution in [3.05, 3.63) is 34.1 Å². The molecule has 0 amide bonds. The van der Waals surface area contributed by atoms with Gasteiger partial charge in [0.1, 0.15) is 5.82 Å². The molecule has 1 aliphatic carbocycles. The highest BCUT2D eigenvalue weighted by molar-refractivity contribution is 9.10. The van der Waals surface area contributed by atoms with Gasteiger partial charge in [-0.1, -0.05) is 22.0 Å². The first-order chi connectivity index (χ1) is 7.65. The minimum atomic E-state index is -0.0933. The molecule has 2 rings (SSSR count). The van der Waals surface area contributed by atoms with Crippen LogP contribution >= 0.6 is 15.9 Å². The summed E-state index contributed by atoms with van der Waals surface area (Å²) in [6.45, 7) is 0. The Hall–Kier alpha value is -0.410. The van der Waals surface area contributed by atoms with Crippen molar-refractivity contribution in [2.45, 2.75) is 38.1 Å². The van der Waals surface area contributed by atoms with E-state index in [1.165, 1.54) is 0 Å². The normalized spacial score (nSPS) is 25.7. The van der Waals surface area contributed by atoms with Crippen molar-refractivity contribution in [1.29, 1.82) is 0 Å². The molecule has 1 fully saturated rings. The molecule has 0 aromatic heterocycles. The van der Waals surface area contributed by atoms with Gasteiger partial charge < -0.3 is 5.73 Å². The molecule has 1 nitrogen and oxygen atoms in total. The Morgan fingerprint density at radius 2 is 1.94 bits per heavy atom. The molecule has 0 spiro atoms. The predicted molar refractivity (Wildman–Crippen MR) is 67.7 cm³/mol. The summed E-state index contributed by atoms with van der Waals surface area (Å²) >= 11 is 3.27. The third-order valence-corrected chi connectivity index (χ3v) is 3.91. The van der Waals surface area contributed by atoms with E-state index in [2.05, 4.69) is 15.9 Å². The highest BCUT2D eigenvalue weighted by Gasteiger charge is 2.19. The minimum absolute atomic E-state index is 0.0933. The molecule has 88 valence electrons. The second-order valence-corrected chi connectivity index (χ2v) is 5.64. The second-order valence-electron chi connectivity index (χ2n) is 4.72. The molecule has 0 atom stereocenters. The SMILES string of the molecule is NC1CCC(Cc2ccc(Br)cc2F)CC1. The Bertz CT molecular complexity index is 359. The van der Waals surface area contributed by atoms with Crippen molar-refractivity contribution in [2.24, 2.45) is 11.7 Å². The molecule has 1 saturated carbocycles. The first kappa shape index (κ1) is 12.1. The van der Waals surface area contributed by atoms with Crippen molar-refractivity contribution in [2.75, 3.05) is 0 Å².